The van der Waals surface area contributed by atoms with Gasteiger partial charge in [0.1, 0.15) is 5.82 Å². The van der Waals surface area contributed by atoms with Gasteiger partial charge in [-0.05, 0) is 44.7 Å². The van der Waals surface area contributed by atoms with Crippen LogP contribution in [0.3, 0.4) is 0 Å². The third kappa shape index (κ3) is 4.18. The molecule has 2 aliphatic carbocycles. The summed E-state index contributed by atoms with van der Waals surface area (Å²) in [6.07, 6.45) is 0.0740. The van der Waals surface area contributed by atoms with Gasteiger partial charge in [-0.15, -0.1) is 0 Å². The van der Waals surface area contributed by atoms with Gasteiger partial charge < -0.3 is 14.8 Å². The van der Waals surface area contributed by atoms with E-state index in [1.807, 2.05) is 0 Å². The smallest absolute Gasteiger partial charge is 0.390 e. The third-order valence-corrected chi connectivity index (χ3v) is 6.55. The second-order valence-corrected chi connectivity index (χ2v) is 9.48. The number of hydrogen-bond acceptors (Lipinski definition) is 3. The number of ether oxygens (including phenoxy) is 1. The second kappa shape index (κ2) is 7.85. The molecular formula is C23H22ClF4N3O2. The molecule has 33 heavy (non-hydrogen) atoms. The molecule has 2 N–H and O–H groups in total. The van der Waals surface area contributed by atoms with Crippen LogP contribution in [0.15, 0.2) is 30.6 Å². The van der Waals surface area contributed by atoms with Crippen molar-refractivity contribution in [1.82, 2.24) is 14.8 Å². The van der Waals surface area contributed by atoms with Gasteiger partial charge in [-0.3, -0.25) is 4.68 Å². The molecule has 176 valence electrons. The average molecular weight is 484 g/mol. The lowest BCUT2D eigenvalue weighted by Gasteiger charge is -2.41. The van der Waals surface area contributed by atoms with Gasteiger partial charge in [0.25, 0.3) is 0 Å². The minimum Gasteiger partial charge on any atom is -0.390 e. The van der Waals surface area contributed by atoms with Crippen LogP contribution in [0.4, 0.5) is 17.6 Å². The fourth-order valence-corrected chi connectivity index (χ4v) is 4.76. The fourth-order valence-electron chi connectivity index (χ4n) is 4.49. The lowest BCUT2D eigenvalue weighted by molar-refractivity contribution is -0.148. The molecule has 0 atom stereocenters. The first kappa shape index (κ1) is 22.4. The van der Waals surface area contributed by atoms with Gasteiger partial charge in [0, 0.05) is 28.5 Å². The van der Waals surface area contributed by atoms with Crippen LogP contribution < -0.4 is 0 Å². The topological polar surface area (TPSA) is 63.1 Å². The monoisotopic (exact) mass is 483 g/mol. The van der Waals surface area contributed by atoms with Gasteiger partial charge in [0.05, 0.1) is 41.3 Å². The molecule has 2 aliphatic rings. The highest BCUT2D eigenvalue weighted by atomic mass is 35.5. The van der Waals surface area contributed by atoms with Crippen molar-refractivity contribution >= 4 is 11.6 Å². The van der Waals surface area contributed by atoms with Crippen molar-refractivity contribution in [3.8, 4) is 22.4 Å². The molecule has 5 rings (SSSR count). The van der Waals surface area contributed by atoms with Crippen LogP contribution in [0.25, 0.3) is 22.4 Å². The molecule has 3 aromatic rings. The largest absolute Gasteiger partial charge is 0.433 e. The quantitative estimate of drug-likeness (QED) is 0.415. The minimum atomic E-state index is -4.69. The summed E-state index contributed by atoms with van der Waals surface area (Å²) in [5.74, 6) is -0.579. The molecule has 0 amide bonds. The number of halogens is 5. The molecule has 0 saturated heterocycles. The van der Waals surface area contributed by atoms with E-state index >= 15 is 0 Å². The summed E-state index contributed by atoms with van der Waals surface area (Å²) >= 11 is 6.25. The number of aromatic nitrogens is 3. The summed E-state index contributed by atoms with van der Waals surface area (Å²) in [4.78, 5) is 2.90. The van der Waals surface area contributed by atoms with Crippen LogP contribution >= 0.6 is 11.6 Å². The van der Waals surface area contributed by atoms with Crippen molar-refractivity contribution in [2.24, 2.45) is 0 Å². The Kier molecular flexibility index (Phi) is 5.34. The highest BCUT2D eigenvalue weighted by Gasteiger charge is 2.46. The van der Waals surface area contributed by atoms with E-state index in [0.717, 1.165) is 23.7 Å². The Morgan fingerprint density at radius 1 is 1.27 bits per heavy atom. The van der Waals surface area contributed by atoms with E-state index in [4.69, 9.17) is 16.3 Å². The van der Waals surface area contributed by atoms with Gasteiger partial charge in [0.2, 0.25) is 0 Å². The predicted octanol–water partition coefficient (Wildman–Crippen LogP) is 6.12. The maximum Gasteiger partial charge on any atom is 0.433 e. The number of aromatic amines is 1. The first-order chi connectivity index (χ1) is 15.5. The number of nitrogens with one attached hydrogen (secondary N) is 1. The van der Waals surface area contributed by atoms with E-state index < -0.39 is 29.3 Å². The Hall–Kier alpha value is -2.36. The zero-order chi connectivity index (χ0) is 23.5. The van der Waals surface area contributed by atoms with E-state index in [-0.39, 0.29) is 47.4 Å². The van der Waals surface area contributed by atoms with Crippen LogP contribution in [0.5, 0.6) is 0 Å². The lowest BCUT2D eigenvalue weighted by atomic mass is 9.77. The molecule has 2 aromatic heterocycles. The number of nitrogens with zero attached hydrogens (tertiary/aromatic N) is 2. The first-order valence-corrected chi connectivity index (χ1v) is 11.1. The Balaban J connectivity index is 1.64. The second-order valence-electron chi connectivity index (χ2n) is 9.07. The molecule has 2 saturated carbocycles. The van der Waals surface area contributed by atoms with Gasteiger partial charge in [-0.1, -0.05) is 17.7 Å². The van der Waals surface area contributed by atoms with Crippen LogP contribution in [-0.4, -0.2) is 31.6 Å². The van der Waals surface area contributed by atoms with Gasteiger partial charge in [0.15, 0.2) is 5.69 Å². The first-order valence-electron chi connectivity index (χ1n) is 10.7. The number of hydrogen-bond donors (Lipinski definition) is 2. The summed E-state index contributed by atoms with van der Waals surface area (Å²) in [5.41, 5.74) is -1.07. The SMILES string of the molecule is CC1(O)CC(n2ncc(-c3[nH]cc(-c4c(F)cccc4Cl)c3COC3CC3)c2C(F)(F)F)C1. The Morgan fingerprint density at radius 2 is 2.00 bits per heavy atom. The van der Waals surface area contributed by atoms with E-state index in [1.54, 1.807) is 6.92 Å². The lowest BCUT2D eigenvalue weighted by Crippen LogP contribution is -2.43. The molecule has 0 unspecified atom stereocenters. The fraction of sp³-hybridized carbons (Fsp3) is 0.435. The summed E-state index contributed by atoms with van der Waals surface area (Å²) < 4.78 is 64.1. The summed E-state index contributed by atoms with van der Waals surface area (Å²) in [6, 6.07) is 3.68. The van der Waals surface area contributed by atoms with Gasteiger partial charge in [-0.2, -0.15) is 18.3 Å². The highest BCUT2D eigenvalue weighted by molar-refractivity contribution is 6.33. The van der Waals surface area contributed by atoms with Crippen molar-refractivity contribution in [2.45, 2.75) is 63.1 Å². The molecule has 0 bridgehead atoms. The standard InChI is InChI=1S/C23H22ClF4N3O2/c1-22(32)7-12(8-22)31-21(23(26,27)28)15(10-30-31)20-16(11-33-13-5-6-13)14(9-29-20)19-17(24)3-2-4-18(19)25/h2-4,9-10,12-13,29,32H,5-8,11H2,1H3. The van der Waals surface area contributed by atoms with Crippen molar-refractivity contribution in [1.29, 1.82) is 0 Å². The van der Waals surface area contributed by atoms with Crippen LogP contribution in [0.1, 0.15) is 49.9 Å². The van der Waals surface area contributed by atoms with Gasteiger partial charge >= 0.3 is 6.18 Å². The number of aliphatic hydroxyl groups is 1. The van der Waals surface area contributed by atoms with E-state index in [1.165, 1.54) is 24.4 Å². The normalized spacial score (nSPS) is 23.1. The summed E-state index contributed by atoms with van der Waals surface area (Å²) in [7, 11) is 0. The zero-order valence-corrected chi connectivity index (χ0v) is 18.5. The summed E-state index contributed by atoms with van der Waals surface area (Å²) in [6.45, 7) is 1.59. The zero-order valence-electron chi connectivity index (χ0n) is 17.7. The molecule has 0 aliphatic heterocycles. The molecule has 5 nitrogen and oxygen atoms in total. The van der Waals surface area contributed by atoms with E-state index in [9.17, 15) is 22.7 Å². The highest BCUT2D eigenvalue weighted by Crippen LogP contribution is 2.47. The van der Waals surface area contributed by atoms with Crippen molar-refractivity contribution < 1.29 is 27.4 Å². The molecule has 1 aromatic carbocycles. The van der Waals surface area contributed by atoms with E-state index in [0.29, 0.717) is 11.1 Å². The van der Waals surface area contributed by atoms with Crippen LogP contribution in [0, 0.1) is 5.82 Å². The number of H-pyrrole nitrogens is 1. The molecule has 0 spiro atoms. The Morgan fingerprint density at radius 3 is 2.61 bits per heavy atom. The van der Waals surface area contributed by atoms with Crippen molar-refractivity contribution in [3.05, 3.63) is 52.7 Å². The molecule has 0 radical (unpaired) electrons. The molecule has 2 heterocycles. The predicted molar refractivity (Wildman–Crippen MR) is 114 cm³/mol. The molecule has 10 heteroatoms. The number of alkyl halides is 3. The maximum absolute atomic E-state index is 14.7. The van der Waals surface area contributed by atoms with Crippen molar-refractivity contribution in [3.63, 3.8) is 0 Å². The molecular weight excluding hydrogens is 462 g/mol. The molecule has 2 fully saturated rings. The third-order valence-electron chi connectivity index (χ3n) is 6.24. The van der Waals surface area contributed by atoms with Crippen LogP contribution in [-0.2, 0) is 17.5 Å². The Bertz CT molecular complexity index is 1170. The number of benzene rings is 1. The minimum absolute atomic E-state index is 0.00408. The van der Waals surface area contributed by atoms with Gasteiger partial charge in [-0.25, -0.2) is 4.39 Å². The summed E-state index contributed by atoms with van der Waals surface area (Å²) in [5, 5.41) is 14.2. The van der Waals surface area contributed by atoms with Crippen molar-refractivity contribution in [2.75, 3.05) is 0 Å². The average Bonchev–Trinajstić information content (AvgIpc) is 3.27. The number of rotatable bonds is 6. The Labute approximate surface area is 192 Å². The van der Waals surface area contributed by atoms with Crippen LogP contribution in [0.2, 0.25) is 5.02 Å². The van der Waals surface area contributed by atoms with E-state index in [2.05, 4.69) is 10.1 Å². The maximum atomic E-state index is 14.7.